The Bertz CT molecular complexity index is 377. The normalized spacial score (nSPS) is 18.4. The molecule has 0 spiro atoms. The second-order valence-corrected chi connectivity index (χ2v) is 4.53. The standard InChI is InChI=1S/C13H19N3O2/c17-13(18)12(16-9-7-15-8-10-16)2-1-11-3-5-14-6-4-11/h3-6,12,15H,1-2,7-10H2,(H,17,18). The molecule has 1 aromatic heterocycles. The number of carboxylic acids is 1. The average Bonchev–Trinajstić information content (AvgIpc) is 2.41. The number of aromatic nitrogens is 1. The molecule has 1 atom stereocenters. The van der Waals surface area contributed by atoms with Crippen molar-refractivity contribution < 1.29 is 9.90 Å². The molecule has 0 saturated carbocycles. The number of hydrogen-bond donors (Lipinski definition) is 2. The largest absolute Gasteiger partial charge is 0.480 e. The zero-order valence-electron chi connectivity index (χ0n) is 10.4. The van der Waals surface area contributed by atoms with Crippen molar-refractivity contribution in [2.45, 2.75) is 18.9 Å². The average molecular weight is 249 g/mol. The van der Waals surface area contributed by atoms with E-state index in [2.05, 4.69) is 15.2 Å². The van der Waals surface area contributed by atoms with Gasteiger partial charge in [-0.25, -0.2) is 0 Å². The van der Waals surface area contributed by atoms with Gasteiger partial charge in [-0.2, -0.15) is 0 Å². The van der Waals surface area contributed by atoms with Crippen molar-refractivity contribution >= 4 is 5.97 Å². The number of nitrogens with zero attached hydrogens (tertiary/aromatic N) is 2. The van der Waals surface area contributed by atoms with Crippen LogP contribution >= 0.6 is 0 Å². The Morgan fingerprint density at radius 3 is 2.67 bits per heavy atom. The van der Waals surface area contributed by atoms with Crippen molar-refractivity contribution in [2.75, 3.05) is 26.2 Å². The zero-order valence-corrected chi connectivity index (χ0v) is 10.4. The van der Waals surface area contributed by atoms with E-state index >= 15 is 0 Å². The number of pyridine rings is 1. The van der Waals surface area contributed by atoms with Crippen LogP contribution < -0.4 is 5.32 Å². The minimum atomic E-state index is -0.717. The van der Waals surface area contributed by atoms with E-state index in [0.717, 1.165) is 38.2 Å². The van der Waals surface area contributed by atoms with Crippen LogP contribution in [0.15, 0.2) is 24.5 Å². The fourth-order valence-corrected chi connectivity index (χ4v) is 2.31. The van der Waals surface area contributed by atoms with Crippen molar-refractivity contribution in [3.63, 3.8) is 0 Å². The molecule has 0 aliphatic carbocycles. The van der Waals surface area contributed by atoms with E-state index < -0.39 is 5.97 Å². The summed E-state index contributed by atoms with van der Waals surface area (Å²) in [4.78, 5) is 17.4. The van der Waals surface area contributed by atoms with Crippen molar-refractivity contribution in [1.82, 2.24) is 15.2 Å². The van der Waals surface area contributed by atoms with Crippen LogP contribution in [0.2, 0.25) is 0 Å². The third-order valence-corrected chi connectivity index (χ3v) is 3.33. The number of carboxylic acid groups (broad SMARTS) is 1. The number of aryl methyl sites for hydroxylation is 1. The van der Waals surface area contributed by atoms with Crippen LogP contribution in [0.3, 0.4) is 0 Å². The molecule has 1 aromatic rings. The van der Waals surface area contributed by atoms with Crippen LogP contribution in [0.1, 0.15) is 12.0 Å². The first-order valence-corrected chi connectivity index (χ1v) is 6.34. The van der Waals surface area contributed by atoms with E-state index in [1.54, 1.807) is 12.4 Å². The molecule has 0 amide bonds. The van der Waals surface area contributed by atoms with Crippen LogP contribution in [0.25, 0.3) is 0 Å². The first-order valence-electron chi connectivity index (χ1n) is 6.34. The van der Waals surface area contributed by atoms with Crippen molar-refractivity contribution in [2.24, 2.45) is 0 Å². The highest BCUT2D eigenvalue weighted by molar-refractivity contribution is 5.73. The lowest BCUT2D eigenvalue weighted by Gasteiger charge is -2.32. The minimum Gasteiger partial charge on any atom is -0.480 e. The summed E-state index contributed by atoms with van der Waals surface area (Å²) in [6.45, 7) is 3.37. The summed E-state index contributed by atoms with van der Waals surface area (Å²) in [5, 5.41) is 12.6. The van der Waals surface area contributed by atoms with Gasteiger partial charge in [0.25, 0.3) is 0 Å². The van der Waals surface area contributed by atoms with Crippen LogP contribution in [0.5, 0.6) is 0 Å². The molecule has 1 aliphatic heterocycles. The quantitative estimate of drug-likeness (QED) is 0.789. The van der Waals surface area contributed by atoms with Gasteiger partial charge >= 0.3 is 5.97 Å². The number of piperazine rings is 1. The van der Waals surface area contributed by atoms with E-state index in [-0.39, 0.29) is 6.04 Å². The number of hydrogen-bond acceptors (Lipinski definition) is 4. The van der Waals surface area contributed by atoms with Gasteiger partial charge in [0.1, 0.15) is 6.04 Å². The summed E-state index contributed by atoms with van der Waals surface area (Å²) in [6, 6.07) is 3.51. The highest BCUT2D eigenvalue weighted by Crippen LogP contribution is 2.11. The second kappa shape index (κ2) is 6.47. The molecule has 0 radical (unpaired) electrons. The SMILES string of the molecule is O=C(O)C(CCc1ccncc1)N1CCNCC1. The maximum atomic E-state index is 11.3. The summed E-state index contributed by atoms with van der Waals surface area (Å²) in [5.41, 5.74) is 1.14. The lowest BCUT2D eigenvalue weighted by molar-refractivity contribution is -0.143. The lowest BCUT2D eigenvalue weighted by atomic mass is 10.0. The van der Waals surface area contributed by atoms with Crippen molar-refractivity contribution in [3.8, 4) is 0 Å². The number of rotatable bonds is 5. The summed E-state index contributed by atoms with van der Waals surface area (Å²) in [5.74, 6) is -0.717. The molecule has 98 valence electrons. The Hall–Kier alpha value is -1.46. The molecule has 2 heterocycles. The molecule has 5 nitrogen and oxygen atoms in total. The Morgan fingerprint density at radius 2 is 2.06 bits per heavy atom. The number of aliphatic carboxylic acids is 1. The van der Waals surface area contributed by atoms with Crippen molar-refractivity contribution in [3.05, 3.63) is 30.1 Å². The molecule has 1 unspecified atom stereocenters. The van der Waals surface area contributed by atoms with Gasteiger partial charge in [-0.05, 0) is 30.5 Å². The van der Waals surface area contributed by atoms with E-state index in [4.69, 9.17) is 0 Å². The van der Waals surface area contributed by atoms with Gasteiger partial charge in [0.05, 0.1) is 0 Å². The van der Waals surface area contributed by atoms with E-state index in [0.29, 0.717) is 6.42 Å². The van der Waals surface area contributed by atoms with Crippen LogP contribution in [0, 0.1) is 0 Å². The predicted octanol–water partition coefficient (Wildman–Crippen LogP) is 0.373. The predicted molar refractivity (Wildman–Crippen MR) is 68.4 cm³/mol. The summed E-state index contributed by atoms with van der Waals surface area (Å²) >= 11 is 0. The summed E-state index contributed by atoms with van der Waals surface area (Å²) < 4.78 is 0. The smallest absolute Gasteiger partial charge is 0.320 e. The molecule has 1 saturated heterocycles. The Kier molecular flexibility index (Phi) is 4.66. The molecule has 1 aliphatic rings. The summed E-state index contributed by atoms with van der Waals surface area (Å²) in [7, 11) is 0. The fourth-order valence-electron chi connectivity index (χ4n) is 2.31. The highest BCUT2D eigenvalue weighted by Gasteiger charge is 2.26. The van der Waals surface area contributed by atoms with E-state index in [1.807, 2.05) is 12.1 Å². The first-order chi connectivity index (χ1) is 8.77. The molecule has 1 fully saturated rings. The van der Waals surface area contributed by atoms with Gasteiger partial charge in [-0.1, -0.05) is 0 Å². The van der Waals surface area contributed by atoms with E-state index in [9.17, 15) is 9.90 Å². The highest BCUT2D eigenvalue weighted by atomic mass is 16.4. The third-order valence-electron chi connectivity index (χ3n) is 3.33. The molecule has 0 aromatic carbocycles. The molecular formula is C13H19N3O2. The van der Waals surface area contributed by atoms with Gasteiger partial charge in [0.2, 0.25) is 0 Å². The van der Waals surface area contributed by atoms with Crippen LogP contribution in [-0.4, -0.2) is 53.2 Å². The Morgan fingerprint density at radius 1 is 1.39 bits per heavy atom. The monoisotopic (exact) mass is 249 g/mol. The molecule has 5 heteroatoms. The molecular weight excluding hydrogens is 230 g/mol. The molecule has 18 heavy (non-hydrogen) atoms. The van der Waals surface area contributed by atoms with Gasteiger partial charge in [-0.3, -0.25) is 14.7 Å². The molecule has 0 bridgehead atoms. The van der Waals surface area contributed by atoms with Gasteiger partial charge in [0.15, 0.2) is 0 Å². The van der Waals surface area contributed by atoms with Gasteiger partial charge in [0, 0.05) is 38.6 Å². The number of carbonyl (C=O) groups is 1. The molecule has 2 rings (SSSR count). The van der Waals surface area contributed by atoms with Gasteiger partial charge < -0.3 is 10.4 Å². The lowest BCUT2D eigenvalue weighted by Crippen LogP contribution is -2.51. The fraction of sp³-hybridized carbons (Fsp3) is 0.538. The molecule has 2 N–H and O–H groups in total. The topological polar surface area (TPSA) is 65.5 Å². The van der Waals surface area contributed by atoms with Crippen LogP contribution in [-0.2, 0) is 11.2 Å². The Balaban J connectivity index is 1.92. The Labute approximate surface area is 107 Å². The maximum Gasteiger partial charge on any atom is 0.320 e. The summed E-state index contributed by atoms with van der Waals surface area (Å²) in [6.07, 6.45) is 4.93. The minimum absolute atomic E-state index is 0.375. The number of nitrogens with one attached hydrogen (secondary N) is 1. The third kappa shape index (κ3) is 3.51. The van der Waals surface area contributed by atoms with Gasteiger partial charge in [-0.15, -0.1) is 0 Å². The van der Waals surface area contributed by atoms with Crippen LogP contribution in [0.4, 0.5) is 0 Å². The second-order valence-electron chi connectivity index (χ2n) is 4.53. The maximum absolute atomic E-state index is 11.3. The van der Waals surface area contributed by atoms with Crippen molar-refractivity contribution in [1.29, 1.82) is 0 Å². The zero-order chi connectivity index (χ0) is 12.8. The van der Waals surface area contributed by atoms with E-state index in [1.165, 1.54) is 0 Å². The first kappa shape index (κ1) is 13.0.